The molecular formula is C21H20N2O. The first-order valence-corrected chi connectivity index (χ1v) is 7.95. The quantitative estimate of drug-likeness (QED) is 0.619. The van der Waals surface area contributed by atoms with E-state index in [4.69, 9.17) is 4.74 Å². The molecule has 0 atom stereocenters. The van der Waals surface area contributed by atoms with Crippen molar-refractivity contribution in [2.75, 3.05) is 0 Å². The molecule has 0 aliphatic rings. The Hall–Kier alpha value is -2.94. The SMILES string of the molecule is Cc1cc(OCc2ccccc2)c(C)cc1N=Cc1ccccn1. The van der Waals surface area contributed by atoms with Gasteiger partial charge in [-0.2, -0.15) is 0 Å². The lowest BCUT2D eigenvalue weighted by molar-refractivity contribution is 0.304. The van der Waals surface area contributed by atoms with Gasteiger partial charge in [-0.15, -0.1) is 0 Å². The number of nitrogens with zero attached hydrogens (tertiary/aromatic N) is 2. The van der Waals surface area contributed by atoms with E-state index in [1.165, 1.54) is 0 Å². The van der Waals surface area contributed by atoms with Gasteiger partial charge in [-0.3, -0.25) is 9.98 Å². The third-order valence-corrected chi connectivity index (χ3v) is 3.75. The Labute approximate surface area is 142 Å². The van der Waals surface area contributed by atoms with Crippen molar-refractivity contribution in [2.45, 2.75) is 20.5 Å². The molecule has 3 aromatic rings. The van der Waals surface area contributed by atoms with Gasteiger partial charge < -0.3 is 4.74 Å². The van der Waals surface area contributed by atoms with Gasteiger partial charge in [0, 0.05) is 6.20 Å². The molecule has 0 radical (unpaired) electrons. The van der Waals surface area contributed by atoms with Crippen molar-refractivity contribution < 1.29 is 4.74 Å². The van der Waals surface area contributed by atoms with Gasteiger partial charge in [-0.05, 0) is 54.8 Å². The number of rotatable bonds is 5. The van der Waals surface area contributed by atoms with Crippen LogP contribution in [0.4, 0.5) is 5.69 Å². The van der Waals surface area contributed by atoms with Crippen molar-refractivity contribution in [3.8, 4) is 5.75 Å². The maximum absolute atomic E-state index is 5.96. The largest absolute Gasteiger partial charge is 0.489 e. The van der Waals surface area contributed by atoms with E-state index in [2.05, 4.69) is 28.2 Å². The lowest BCUT2D eigenvalue weighted by Gasteiger charge is -2.11. The molecule has 24 heavy (non-hydrogen) atoms. The molecule has 2 aromatic carbocycles. The van der Waals surface area contributed by atoms with E-state index in [1.807, 2.05) is 56.3 Å². The lowest BCUT2D eigenvalue weighted by Crippen LogP contribution is -1.97. The van der Waals surface area contributed by atoms with Crippen LogP contribution in [-0.4, -0.2) is 11.2 Å². The van der Waals surface area contributed by atoms with Crippen molar-refractivity contribution in [3.63, 3.8) is 0 Å². The Balaban J connectivity index is 1.75. The maximum Gasteiger partial charge on any atom is 0.123 e. The summed E-state index contributed by atoms with van der Waals surface area (Å²) in [7, 11) is 0. The van der Waals surface area contributed by atoms with Crippen LogP contribution in [0, 0.1) is 13.8 Å². The second kappa shape index (κ2) is 7.55. The fourth-order valence-corrected chi connectivity index (χ4v) is 2.39. The first-order chi connectivity index (χ1) is 11.7. The zero-order valence-corrected chi connectivity index (χ0v) is 13.9. The van der Waals surface area contributed by atoms with Crippen LogP contribution in [0.1, 0.15) is 22.4 Å². The van der Waals surface area contributed by atoms with Gasteiger partial charge in [0.05, 0.1) is 17.6 Å². The highest BCUT2D eigenvalue weighted by Gasteiger charge is 2.05. The van der Waals surface area contributed by atoms with Crippen molar-refractivity contribution in [2.24, 2.45) is 4.99 Å². The van der Waals surface area contributed by atoms with Crippen LogP contribution < -0.4 is 4.74 Å². The Morgan fingerprint density at radius 1 is 0.958 bits per heavy atom. The third kappa shape index (κ3) is 4.07. The topological polar surface area (TPSA) is 34.5 Å². The average Bonchev–Trinajstić information content (AvgIpc) is 2.62. The van der Waals surface area contributed by atoms with Crippen LogP contribution in [-0.2, 0) is 6.61 Å². The summed E-state index contributed by atoms with van der Waals surface area (Å²) in [6.45, 7) is 4.65. The smallest absolute Gasteiger partial charge is 0.123 e. The summed E-state index contributed by atoms with van der Waals surface area (Å²) in [6, 6.07) is 20.0. The highest BCUT2D eigenvalue weighted by atomic mass is 16.5. The van der Waals surface area contributed by atoms with Crippen LogP contribution >= 0.6 is 0 Å². The summed E-state index contributed by atoms with van der Waals surface area (Å²) < 4.78 is 5.96. The van der Waals surface area contributed by atoms with Crippen LogP contribution in [0.3, 0.4) is 0 Å². The molecule has 3 rings (SSSR count). The van der Waals surface area contributed by atoms with Gasteiger partial charge >= 0.3 is 0 Å². The van der Waals surface area contributed by atoms with Crippen LogP contribution in [0.15, 0.2) is 71.9 Å². The number of pyridine rings is 1. The Bertz CT molecular complexity index is 827. The molecule has 0 aliphatic carbocycles. The lowest BCUT2D eigenvalue weighted by atomic mass is 10.1. The normalized spacial score (nSPS) is 10.9. The van der Waals surface area contributed by atoms with Crippen LogP contribution in [0.5, 0.6) is 5.75 Å². The van der Waals surface area contributed by atoms with Crippen LogP contribution in [0.2, 0.25) is 0 Å². The second-order valence-corrected chi connectivity index (χ2v) is 5.69. The Kier molecular flexibility index (Phi) is 5.02. The van der Waals surface area contributed by atoms with Crippen LogP contribution in [0.25, 0.3) is 0 Å². The second-order valence-electron chi connectivity index (χ2n) is 5.69. The number of ether oxygens (including phenoxy) is 1. The van der Waals surface area contributed by atoms with E-state index in [1.54, 1.807) is 12.4 Å². The Morgan fingerprint density at radius 3 is 2.50 bits per heavy atom. The summed E-state index contributed by atoms with van der Waals surface area (Å²) >= 11 is 0. The Morgan fingerprint density at radius 2 is 1.75 bits per heavy atom. The van der Waals surface area contributed by atoms with Crippen molar-refractivity contribution in [1.82, 2.24) is 4.98 Å². The molecule has 0 saturated carbocycles. The summed E-state index contributed by atoms with van der Waals surface area (Å²) in [6.07, 6.45) is 3.55. The van der Waals surface area contributed by atoms with E-state index in [9.17, 15) is 0 Å². The van der Waals surface area contributed by atoms with Gasteiger partial charge in [0.25, 0.3) is 0 Å². The molecule has 1 aromatic heterocycles. The van der Waals surface area contributed by atoms with E-state index >= 15 is 0 Å². The number of benzene rings is 2. The molecule has 3 heteroatoms. The molecule has 120 valence electrons. The molecule has 3 nitrogen and oxygen atoms in total. The van der Waals surface area contributed by atoms with Gasteiger partial charge in [0.1, 0.15) is 12.4 Å². The summed E-state index contributed by atoms with van der Waals surface area (Å²) in [5.74, 6) is 0.896. The molecule has 0 amide bonds. The molecule has 1 heterocycles. The number of hydrogen-bond acceptors (Lipinski definition) is 3. The number of aryl methyl sites for hydroxylation is 2. The zero-order chi connectivity index (χ0) is 16.8. The molecular weight excluding hydrogens is 296 g/mol. The van der Waals surface area contributed by atoms with E-state index in [-0.39, 0.29) is 0 Å². The predicted molar refractivity (Wildman–Crippen MR) is 98.2 cm³/mol. The van der Waals surface area contributed by atoms with E-state index < -0.39 is 0 Å². The molecule has 0 unspecified atom stereocenters. The van der Waals surface area contributed by atoms with Crippen molar-refractivity contribution in [1.29, 1.82) is 0 Å². The first kappa shape index (κ1) is 15.9. The minimum Gasteiger partial charge on any atom is -0.489 e. The molecule has 0 saturated heterocycles. The third-order valence-electron chi connectivity index (χ3n) is 3.75. The van der Waals surface area contributed by atoms with Gasteiger partial charge in [-0.25, -0.2) is 0 Å². The first-order valence-electron chi connectivity index (χ1n) is 7.95. The molecule has 0 fully saturated rings. The molecule has 0 bridgehead atoms. The summed E-state index contributed by atoms with van der Waals surface area (Å²) in [5, 5.41) is 0. The van der Waals surface area contributed by atoms with Gasteiger partial charge in [0.2, 0.25) is 0 Å². The van der Waals surface area contributed by atoms with Crippen molar-refractivity contribution in [3.05, 3.63) is 89.2 Å². The van der Waals surface area contributed by atoms with Crippen molar-refractivity contribution >= 4 is 11.9 Å². The fourth-order valence-electron chi connectivity index (χ4n) is 2.39. The highest BCUT2D eigenvalue weighted by Crippen LogP contribution is 2.28. The summed E-state index contributed by atoms with van der Waals surface area (Å²) in [5.41, 5.74) is 5.09. The highest BCUT2D eigenvalue weighted by molar-refractivity contribution is 5.80. The van der Waals surface area contributed by atoms with Gasteiger partial charge in [-0.1, -0.05) is 36.4 Å². The number of aromatic nitrogens is 1. The standard InChI is InChI=1S/C21H20N2O/c1-16-13-21(24-15-18-8-4-3-5-9-18)17(2)12-20(16)23-14-19-10-6-7-11-22-19/h3-14H,15H2,1-2H3. The number of aliphatic imine (C=N–C) groups is 1. The van der Waals surface area contributed by atoms with Gasteiger partial charge in [0.15, 0.2) is 0 Å². The monoisotopic (exact) mass is 316 g/mol. The fraction of sp³-hybridized carbons (Fsp3) is 0.143. The average molecular weight is 316 g/mol. The number of hydrogen-bond donors (Lipinski definition) is 0. The molecule has 0 spiro atoms. The zero-order valence-electron chi connectivity index (χ0n) is 13.9. The molecule has 0 aliphatic heterocycles. The molecule has 0 N–H and O–H groups in total. The minimum absolute atomic E-state index is 0.567. The maximum atomic E-state index is 5.96. The summed E-state index contributed by atoms with van der Waals surface area (Å²) in [4.78, 5) is 8.81. The van der Waals surface area contributed by atoms with E-state index in [0.29, 0.717) is 6.61 Å². The minimum atomic E-state index is 0.567. The van der Waals surface area contributed by atoms with E-state index in [0.717, 1.165) is 33.8 Å². The predicted octanol–water partition coefficient (Wildman–Crippen LogP) is 5.03.